The summed E-state index contributed by atoms with van der Waals surface area (Å²) in [6, 6.07) is 5.02. The molecular formula is C9H14N4O4. The minimum Gasteiger partial charge on any atom is -0.508 e. The smallest absolute Gasteiger partial charge is 0.309 e. The van der Waals surface area contributed by atoms with Crippen LogP contribution in [0.25, 0.3) is 0 Å². The van der Waals surface area contributed by atoms with Gasteiger partial charge in [-0.25, -0.2) is 4.79 Å². The molecule has 0 saturated heterocycles. The topological polar surface area (TPSA) is 176 Å². The van der Waals surface area contributed by atoms with Crippen molar-refractivity contribution in [3.63, 3.8) is 0 Å². The Kier molecular flexibility index (Phi) is 17.9. The second kappa shape index (κ2) is 15.5. The molecular weight excluding hydrogens is 228 g/mol. The molecule has 1 rings (SSSR count). The van der Waals surface area contributed by atoms with Crippen LogP contribution in [0.15, 0.2) is 24.3 Å². The number of phenolic OH excluding ortho intramolecular Hbond substituents is 2. The lowest BCUT2D eigenvalue weighted by atomic mass is 10.3. The first-order valence-electron chi connectivity index (χ1n) is 3.85. The minimum atomic E-state index is -0.833. The second-order valence-corrected chi connectivity index (χ2v) is 2.05. The van der Waals surface area contributed by atoms with E-state index >= 15 is 0 Å². The molecule has 0 radical (unpaired) electrons. The molecule has 0 saturated carbocycles. The maximum Gasteiger partial charge on any atom is 0.309 e. The summed E-state index contributed by atoms with van der Waals surface area (Å²) < 4.78 is 0. The zero-order chi connectivity index (χ0) is 14.3. The number of nitrogens with zero attached hydrogens (tertiary/aromatic N) is 1. The summed E-state index contributed by atoms with van der Waals surface area (Å²) in [4.78, 5) is 17.0. The maximum atomic E-state index is 9.00. The number of phenols is 2. The third-order valence-electron chi connectivity index (χ3n) is 0.830. The van der Waals surface area contributed by atoms with Crippen LogP contribution in [0.1, 0.15) is 0 Å². The highest BCUT2D eigenvalue weighted by Gasteiger charge is 1.85. The third kappa shape index (κ3) is 32.1. The fourth-order valence-electron chi connectivity index (χ4n) is 0.493. The number of nitriles is 1. The summed E-state index contributed by atoms with van der Waals surface area (Å²) in [7, 11) is 0. The number of aromatic hydroxyl groups is 2. The summed E-state index contributed by atoms with van der Waals surface area (Å²) in [5.74, 6) is 0.176. The Morgan fingerprint density at radius 1 is 1.24 bits per heavy atom. The molecule has 0 aliphatic heterocycles. The molecule has 0 atom stereocenters. The van der Waals surface area contributed by atoms with E-state index in [4.69, 9.17) is 25.1 Å². The van der Waals surface area contributed by atoms with Crippen LogP contribution in [0, 0.1) is 11.5 Å². The Bertz CT molecular complexity index is 330. The molecule has 0 aliphatic carbocycles. The van der Waals surface area contributed by atoms with Crippen LogP contribution in [0.4, 0.5) is 4.79 Å². The van der Waals surface area contributed by atoms with Gasteiger partial charge in [0.15, 0.2) is 6.19 Å². The zero-order valence-corrected chi connectivity index (χ0v) is 8.91. The van der Waals surface area contributed by atoms with Gasteiger partial charge < -0.3 is 32.2 Å². The van der Waals surface area contributed by atoms with Crippen molar-refractivity contribution in [2.45, 2.75) is 0 Å². The average molecular weight is 242 g/mol. The van der Waals surface area contributed by atoms with Gasteiger partial charge in [-0.3, -0.25) is 0 Å². The first kappa shape index (κ1) is 19.6. The molecule has 0 heterocycles. The summed E-state index contributed by atoms with van der Waals surface area (Å²) in [5.41, 5.74) is 12.7. The Labute approximate surface area is 97.9 Å². The van der Waals surface area contributed by atoms with Gasteiger partial charge >= 0.3 is 6.03 Å². The number of carbonyl (C=O) groups excluding carboxylic acids is 2. The number of hydrogen-bond acceptors (Lipinski definition) is 6. The zero-order valence-electron chi connectivity index (χ0n) is 8.91. The Balaban J connectivity index is -0.000000186. The number of benzene rings is 1. The molecule has 1 aromatic carbocycles. The van der Waals surface area contributed by atoms with Crippen LogP contribution in [-0.4, -0.2) is 23.0 Å². The van der Waals surface area contributed by atoms with Crippen molar-refractivity contribution >= 4 is 12.8 Å². The van der Waals surface area contributed by atoms with Gasteiger partial charge in [0, 0.05) is 6.07 Å². The maximum absolute atomic E-state index is 9.00. The number of carbonyl (C=O) groups is 2. The van der Waals surface area contributed by atoms with Crippen LogP contribution in [0.5, 0.6) is 11.5 Å². The SMILES string of the molecule is C=O.N#CN.NC(N)=O.Oc1cccc(O)c1. The number of urea groups is 1. The fourth-order valence-corrected chi connectivity index (χ4v) is 0.493. The molecule has 1 aromatic rings. The van der Waals surface area contributed by atoms with Crippen LogP contribution >= 0.6 is 0 Å². The van der Waals surface area contributed by atoms with E-state index in [1.807, 2.05) is 6.79 Å². The van der Waals surface area contributed by atoms with Gasteiger partial charge in [-0.15, -0.1) is 0 Å². The minimum absolute atomic E-state index is 0.0880. The Hall–Kier alpha value is -2.95. The largest absolute Gasteiger partial charge is 0.508 e. The molecule has 17 heavy (non-hydrogen) atoms. The molecule has 0 spiro atoms. The number of nitrogens with two attached hydrogens (primary N) is 3. The van der Waals surface area contributed by atoms with Crippen molar-refractivity contribution in [1.29, 1.82) is 5.26 Å². The highest BCUT2D eigenvalue weighted by Crippen LogP contribution is 2.14. The van der Waals surface area contributed by atoms with Crippen molar-refractivity contribution in [3.05, 3.63) is 24.3 Å². The van der Waals surface area contributed by atoms with E-state index in [1.54, 1.807) is 6.07 Å². The highest BCUT2D eigenvalue weighted by molar-refractivity contribution is 5.69. The average Bonchev–Trinajstić information content (AvgIpc) is 2.20. The van der Waals surface area contributed by atoms with Gasteiger partial charge in [0.25, 0.3) is 0 Å². The van der Waals surface area contributed by atoms with Crippen LogP contribution in [0.3, 0.4) is 0 Å². The summed E-state index contributed by atoms with van der Waals surface area (Å²) >= 11 is 0. The van der Waals surface area contributed by atoms with E-state index < -0.39 is 6.03 Å². The predicted octanol–water partition coefficient (Wildman–Crippen LogP) is -0.637. The molecule has 2 amide bonds. The van der Waals surface area contributed by atoms with Gasteiger partial charge in [-0.05, 0) is 12.1 Å². The van der Waals surface area contributed by atoms with E-state index in [0.29, 0.717) is 0 Å². The molecule has 8 nitrogen and oxygen atoms in total. The van der Waals surface area contributed by atoms with E-state index in [0.717, 1.165) is 0 Å². The third-order valence-corrected chi connectivity index (χ3v) is 0.830. The van der Waals surface area contributed by atoms with Gasteiger partial charge in [0.2, 0.25) is 0 Å². The van der Waals surface area contributed by atoms with Crippen molar-refractivity contribution in [2.24, 2.45) is 17.2 Å². The molecule has 0 bridgehead atoms. The molecule has 0 fully saturated rings. The van der Waals surface area contributed by atoms with Gasteiger partial charge in [-0.2, -0.15) is 5.26 Å². The predicted molar refractivity (Wildman–Crippen MR) is 60.5 cm³/mol. The number of amides is 2. The standard InChI is InChI=1S/C6H6O2.CH4N2O.CH2N2.CH2O/c7-5-2-1-3-6(8)4-5;2-1(3)4;2-1-3;1-2/h1-4,7-8H;(H4,2,3,4);2H2;1H2. The van der Waals surface area contributed by atoms with Crippen LogP contribution < -0.4 is 17.2 Å². The quantitative estimate of drug-likeness (QED) is 0.298. The molecule has 8 heteroatoms. The lowest BCUT2D eigenvalue weighted by molar-refractivity contribution is -0.0979. The van der Waals surface area contributed by atoms with E-state index in [1.165, 1.54) is 24.4 Å². The highest BCUT2D eigenvalue weighted by atomic mass is 16.3. The number of primary amides is 2. The molecule has 8 N–H and O–H groups in total. The normalized spacial score (nSPS) is 6.29. The van der Waals surface area contributed by atoms with Crippen molar-refractivity contribution in [1.82, 2.24) is 0 Å². The lowest BCUT2D eigenvalue weighted by Gasteiger charge is -1.89. The molecule has 94 valence electrons. The summed E-state index contributed by atoms with van der Waals surface area (Å²) in [5, 5.41) is 24.4. The number of hydrogen-bond donors (Lipinski definition) is 5. The number of rotatable bonds is 0. The lowest BCUT2D eigenvalue weighted by Crippen LogP contribution is -2.18. The molecule has 0 aliphatic rings. The fraction of sp³-hybridized carbons (Fsp3) is 0. The van der Waals surface area contributed by atoms with E-state index in [9.17, 15) is 0 Å². The van der Waals surface area contributed by atoms with Crippen molar-refractivity contribution < 1.29 is 19.8 Å². The summed E-state index contributed by atoms with van der Waals surface area (Å²) in [6.45, 7) is 2.00. The first-order valence-corrected chi connectivity index (χ1v) is 3.85. The summed E-state index contributed by atoms with van der Waals surface area (Å²) in [6.07, 6.45) is 1.25. The Morgan fingerprint density at radius 2 is 1.47 bits per heavy atom. The molecule has 0 aromatic heterocycles. The van der Waals surface area contributed by atoms with Crippen molar-refractivity contribution in [3.8, 4) is 17.7 Å². The first-order chi connectivity index (χ1) is 7.93. The Morgan fingerprint density at radius 3 is 1.59 bits per heavy atom. The molecule has 0 unspecified atom stereocenters. The van der Waals surface area contributed by atoms with Crippen LogP contribution in [-0.2, 0) is 4.79 Å². The van der Waals surface area contributed by atoms with E-state index in [2.05, 4.69) is 17.2 Å². The second-order valence-electron chi connectivity index (χ2n) is 2.05. The van der Waals surface area contributed by atoms with Gasteiger partial charge in [-0.1, -0.05) is 6.07 Å². The van der Waals surface area contributed by atoms with Gasteiger partial charge in [0.1, 0.15) is 18.3 Å². The van der Waals surface area contributed by atoms with Crippen LogP contribution in [0.2, 0.25) is 0 Å². The van der Waals surface area contributed by atoms with Crippen molar-refractivity contribution in [2.75, 3.05) is 0 Å². The van der Waals surface area contributed by atoms with Gasteiger partial charge in [0.05, 0.1) is 0 Å². The monoisotopic (exact) mass is 242 g/mol. The van der Waals surface area contributed by atoms with E-state index in [-0.39, 0.29) is 11.5 Å².